The summed E-state index contributed by atoms with van der Waals surface area (Å²) in [7, 11) is 0. The Balaban J connectivity index is 1.53. The number of carbonyl (C=O) groups excluding carboxylic acids is 3. The maximum atomic E-state index is 13.2. The largest absolute Gasteiger partial charge is 0.378 e. The lowest BCUT2D eigenvalue weighted by molar-refractivity contribution is -0.121. The van der Waals surface area contributed by atoms with E-state index < -0.39 is 23.8 Å². The van der Waals surface area contributed by atoms with Crippen LogP contribution in [0, 0.1) is 5.92 Å². The zero-order chi connectivity index (χ0) is 22.0. The van der Waals surface area contributed by atoms with E-state index in [9.17, 15) is 14.4 Å². The smallest absolute Gasteiger partial charge is 0.262 e. The van der Waals surface area contributed by atoms with E-state index in [2.05, 4.69) is 15.2 Å². The van der Waals surface area contributed by atoms with E-state index in [1.165, 1.54) is 0 Å². The Morgan fingerprint density at radius 3 is 2.29 bits per heavy atom. The van der Waals surface area contributed by atoms with E-state index in [-0.39, 0.29) is 5.92 Å². The molecule has 3 amide bonds. The molecule has 8 heteroatoms. The molecule has 31 heavy (non-hydrogen) atoms. The summed E-state index contributed by atoms with van der Waals surface area (Å²) in [6.07, 6.45) is 2.23. The molecule has 0 bridgehead atoms. The number of rotatable bonds is 6. The summed E-state index contributed by atoms with van der Waals surface area (Å²) in [5.41, 5.74) is 1.20. The number of aromatic nitrogens is 1. The van der Waals surface area contributed by atoms with Crippen molar-refractivity contribution in [3.05, 3.63) is 53.7 Å². The summed E-state index contributed by atoms with van der Waals surface area (Å²) in [4.78, 5) is 46.8. The molecule has 2 atom stereocenters. The third-order valence-electron chi connectivity index (χ3n) is 5.91. The minimum absolute atomic E-state index is 0.206. The lowest BCUT2D eigenvalue weighted by Gasteiger charge is -2.30. The zero-order valence-electron chi connectivity index (χ0n) is 17.7. The number of anilines is 2. The van der Waals surface area contributed by atoms with E-state index in [1.807, 2.05) is 19.9 Å². The molecular weight excluding hydrogens is 396 g/mol. The Bertz CT molecular complexity index is 950. The highest BCUT2D eigenvalue weighted by Crippen LogP contribution is 2.29. The van der Waals surface area contributed by atoms with Crippen molar-refractivity contribution in [1.29, 1.82) is 0 Å². The molecule has 0 radical (unpaired) electrons. The highest BCUT2D eigenvalue weighted by molar-refractivity contribution is 6.23. The lowest BCUT2D eigenvalue weighted by atomic mass is 9.96. The Morgan fingerprint density at radius 1 is 1.10 bits per heavy atom. The molecule has 8 nitrogen and oxygen atoms in total. The van der Waals surface area contributed by atoms with E-state index >= 15 is 0 Å². The molecule has 1 aromatic heterocycles. The summed E-state index contributed by atoms with van der Waals surface area (Å²) in [5.74, 6) is -0.642. The van der Waals surface area contributed by atoms with Gasteiger partial charge in [0.1, 0.15) is 11.9 Å². The van der Waals surface area contributed by atoms with Crippen molar-refractivity contribution in [3.8, 4) is 0 Å². The van der Waals surface area contributed by atoms with Gasteiger partial charge in [0.2, 0.25) is 5.91 Å². The topological polar surface area (TPSA) is 91.8 Å². The van der Waals surface area contributed by atoms with Crippen molar-refractivity contribution in [2.75, 3.05) is 36.5 Å². The maximum Gasteiger partial charge on any atom is 0.262 e. The summed E-state index contributed by atoms with van der Waals surface area (Å²) in [6, 6.07) is 9.40. The molecule has 0 spiro atoms. The Hall–Kier alpha value is -3.26. The first kappa shape index (κ1) is 21.0. The number of amides is 3. The number of nitrogens with zero attached hydrogens (tertiary/aromatic N) is 3. The van der Waals surface area contributed by atoms with Gasteiger partial charge in [-0.15, -0.1) is 0 Å². The number of ether oxygens (including phenoxy) is 1. The predicted molar refractivity (Wildman–Crippen MR) is 116 cm³/mol. The van der Waals surface area contributed by atoms with Crippen LogP contribution in [-0.2, 0) is 9.53 Å². The van der Waals surface area contributed by atoms with Gasteiger partial charge in [-0.2, -0.15) is 0 Å². The number of benzene rings is 1. The average Bonchev–Trinajstić information content (AvgIpc) is 3.05. The minimum atomic E-state index is -0.906. The van der Waals surface area contributed by atoms with Gasteiger partial charge in [0.25, 0.3) is 11.8 Å². The van der Waals surface area contributed by atoms with Gasteiger partial charge < -0.3 is 15.0 Å². The van der Waals surface area contributed by atoms with Gasteiger partial charge in [-0.3, -0.25) is 19.3 Å². The Kier molecular flexibility index (Phi) is 5.99. The van der Waals surface area contributed by atoms with Crippen LogP contribution in [0.3, 0.4) is 0 Å². The molecule has 1 saturated heterocycles. The zero-order valence-corrected chi connectivity index (χ0v) is 17.7. The van der Waals surface area contributed by atoms with Gasteiger partial charge in [0.05, 0.1) is 36.2 Å². The van der Waals surface area contributed by atoms with Gasteiger partial charge in [-0.25, -0.2) is 4.98 Å². The number of morpholine rings is 1. The molecule has 1 fully saturated rings. The molecular formula is C23H26N4O4. The van der Waals surface area contributed by atoms with Crippen molar-refractivity contribution < 1.29 is 19.1 Å². The fraction of sp³-hybridized carbons (Fsp3) is 0.391. The number of carbonyl (C=O) groups is 3. The van der Waals surface area contributed by atoms with Gasteiger partial charge >= 0.3 is 0 Å². The van der Waals surface area contributed by atoms with Crippen LogP contribution in [0.1, 0.15) is 41.0 Å². The third-order valence-corrected chi connectivity index (χ3v) is 5.91. The van der Waals surface area contributed by atoms with Crippen LogP contribution in [-0.4, -0.2) is 60.0 Å². The third kappa shape index (κ3) is 4.03. The second-order valence-corrected chi connectivity index (χ2v) is 7.85. The molecule has 2 aliphatic heterocycles. The summed E-state index contributed by atoms with van der Waals surface area (Å²) in [6.45, 7) is 6.67. The van der Waals surface area contributed by atoms with Crippen molar-refractivity contribution >= 4 is 29.2 Å². The van der Waals surface area contributed by atoms with Crippen LogP contribution in [0.4, 0.5) is 11.5 Å². The van der Waals surface area contributed by atoms with Gasteiger partial charge in [-0.1, -0.05) is 32.4 Å². The summed E-state index contributed by atoms with van der Waals surface area (Å²) >= 11 is 0. The first-order valence-corrected chi connectivity index (χ1v) is 10.6. The first-order chi connectivity index (χ1) is 15.0. The first-order valence-electron chi connectivity index (χ1n) is 10.6. The maximum absolute atomic E-state index is 13.2. The number of hydrogen-bond donors (Lipinski definition) is 1. The van der Waals surface area contributed by atoms with Crippen LogP contribution in [0.25, 0.3) is 0 Å². The Labute approximate surface area is 181 Å². The van der Waals surface area contributed by atoms with Crippen molar-refractivity contribution in [2.45, 2.75) is 26.3 Å². The van der Waals surface area contributed by atoms with Crippen LogP contribution in [0.15, 0.2) is 42.6 Å². The number of nitrogens with one attached hydrogen (secondary N) is 1. The molecule has 4 rings (SSSR count). The van der Waals surface area contributed by atoms with Crippen LogP contribution in [0.2, 0.25) is 0 Å². The van der Waals surface area contributed by atoms with E-state index in [0.29, 0.717) is 36.4 Å². The van der Waals surface area contributed by atoms with Crippen LogP contribution >= 0.6 is 0 Å². The van der Waals surface area contributed by atoms with Crippen LogP contribution < -0.4 is 10.2 Å². The standard InChI is InChI=1S/C23H26N4O4/c1-3-15(2)20(27-22(29)17-6-4-5-7-18(17)23(27)30)21(28)25-16-8-9-19(24-14-16)26-10-12-31-13-11-26/h4-9,14-15,20H,3,10-13H2,1-2H3,(H,25,28). The van der Waals surface area contributed by atoms with E-state index in [4.69, 9.17) is 4.74 Å². The monoisotopic (exact) mass is 422 g/mol. The normalized spacial score (nSPS) is 18.0. The van der Waals surface area contributed by atoms with Gasteiger partial charge in [0, 0.05) is 13.1 Å². The number of fused-ring (bicyclic) bond motifs is 1. The van der Waals surface area contributed by atoms with Crippen molar-refractivity contribution in [3.63, 3.8) is 0 Å². The Morgan fingerprint density at radius 2 is 1.74 bits per heavy atom. The molecule has 1 aromatic carbocycles. The number of hydrogen-bond acceptors (Lipinski definition) is 6. The quantitative estimate of drug-likeness (QED) is 0.720. The predicted octanol–water partition coefficient (Wildman–Crippen LogP) is 2.57. The summed E-state index contributed by atoms with van der Waals surface area (Å²) in [5, 5.41) is 2.84. The second kappa shape index (κ2) is 8.85. The number of pyridine rings is 1. The molecule has 0 saturated carbocycles. The molecule has 162 valence electrons. The second-order valence-electron chi connectivity index (χ2n) is 7.85. The van der Waals surface area contributed by atoms with Crippen LogP contribution in [0.5, 0.6) is 0 Å². The molecule has 2 aromatic rings. The molecule has 2 unspecified atom stereocenters. The highest BCUT2D eigenvalue weighted by atomic mass is 16.5. The molecule has 1 N–H and O–H groups in total. The van der Waals surface area contributed by atoms with E-state index in [0.717, 1.165) is 23.8 Å². The van der Waals surface area contributed by atoms with Gasteiger partial charge in [0.15, 0.2) is 0 Å². The number of imide groups is 1. The van der Waals surface area contributed by atoms with E-state index in [1.54, 1.807) is 36.5 Å². The summed E-state index contributed by atoms with van der Waals surface area (Å²) < 4.78 is 5.36. The SMILES string of the molecule is CCC(C)C(C(=O)Nc1ccc(N2CCOCC2)nc1)N1C(=O)c2ccccc2C1=O. The van der Waals surface area contributed by atoms with Crippen molar-refractivity contribution in [2.24, 2.45) is 5.92 Å². The molecule has 3 heterocycles. The van der Waals surface area contributed by atoms with Gasteiger partial charge in [-0.05, 0) is 30.2 Å². The average molecular weight is 422 g/mol. The molecule has 0 aliphatic carbocycles. The minimum Gasteiger partial charge on any atom is -0.378 e. The molecule has 2 aliphatic rings. The fourth-order valence-electron chi connectivity index (χ4n) is 3.97. The fourth-order valence-corrected chi connectivity index (χ4v) is 3.97. The van der Waals surface area contributed by atoms with Crippen molar-refractivity contribution in [1.82, 2.24) is 9.88 Å². The lowest BCUT2D eigenvalue weighted by Crippen LogP contribution is -2.50. The highest BCUT2D eigenvalue weighted by Gasteiger charge is 2.44.